The van der Waals surface area contributed by atoms with Gasteiger partial charge >= 0.3 is 0 Å². The van der Waals surface area contributed by atoms with Gasteiger partial charge in [0, 0.05) is 50.0 Å². The zero-order valence-corrected chi connectivity index (χ0v) is 22.7. The molecule has 0 N–H and O–H groups in total. The Kier molecular flexibility index (Phi) is 7.61. The third-order valence-electron chi connectivity index (χ3n) is 7.83. The van der Waals surface area contributed by atoms with Gasteiger partial charge in [-0.1, -0.05) is 48.6 Å². The van der Waals surface area contributed by atoms with Crippen molar-refractivity contribution in [2.75, 3.05) is 48.1 Å². The van der Waals surface area contributed by atoms with Crippen molar-refractivity contribution in [1.82, 2.24) is 4.98 Å². The molecule has 200 valence electrons. The lowest BCUT2D eigenvalue weighted by Gasteiger charge is -2.20. The van der Waals surface area contributed by atoms with Crippen LogP contribution in [-0.4, -0.2) is 50.0 Å². The number of hydrogen-bond acceptors (Lipinski definition) is 6. The van der Waals surface area contributed by atoms with Gasteiger partial charge in [-0.05, 0) is 73.2 Å². The molecule has 0 radical (unpaired) electrons. The monoisotopic (exact) mass is 519 g/mol. The van der Waals surface area contributed by atoms with E-state index in [4.69, 9.17) is 9.84 Å². The molecule has 39 heavy (non-hydrogen) atoms. The van der Waals surface area contributed by atoms with Crippen LogP contribution in [0.15, 0.2) is 84.0 Å². The number of hydrogen-bond donors (Lipinski definition) is 0. The predicted octanol–water partition coefficient (Wildman–Crippen LogP) is 6.65. The smallest absolute Gasteiger partial charge is 0.214 e. The van der Waals surface area contributed by atoms with Crippen LogP contribution in [0.5, 0.6) is 5.88 Å². The van der Waals surface area contributed by atoms with Crippen molar-refractivity contribution in [3.05, 3.63) is 90.0 Å². The third kappa shape index (κ3) is 6.00. The van der Waals surface area contributed by atoms with E-state index in [0.29, 0.717) is 5.88 Å². The summed E-state index contributed by atoms with van der Waals surface area (Å²) >= 11 is 0. The largest absolute Gasteiger partial charge is 0.481 e. The van der Waals surface area contributed by atoms with Crippen LogP contribution in [0.25, 0.3) is 12.2 Å². The maximum absolute atomic E-state index is 5.39. The van der Waals surface area contributed by atoms with Crippen molar-refractivity contribution in [3.8, 4) is 5.88 Å². The number of anilines is 3. The highest BCUT2D eigenvalue weighted by Crippen LogP contribution is 2.28. The van der Waals surface area contributed by atoms with Gasteiger partial charge in [-0.15, -0.1) is 0 Å². The lowest BCUT2D eigenvalue weighted by atomic mass is 10.1. The number of benzene rings is 2. The summed E-state index contributed by atoms with van der Waals surface area (Å²) in [6.45, 7) is 4.65. The van der Waals surface area contributed by atoms with Gasteiger partial charge in [0.25, 0.3) is 0 Å². The highest BCUT2D eigenvalue weighted by Gasteiger charge is 2.26. The number of allylic oxidation sites excluding steroid dienone is 1. The van der Waals surface area contributed by atoms with E-state index in [0.717, 1.165) is 44.1 Å². The van der Waals surface area contributed by atoms with Crippen molar-refractivity contribution in [3.63, 3.8) is 0 Å². The average molecular weight is 520 g/mol. The second kappa shape index (κ2) is 11.8. The fraction of sp³-hybridized carbons (Fsp3) is 0.333. The molecule has 0 amide bonds. The third-order valence-corrected chi connectivity index (χ3v) is 7.83. The minimum atomic E-state index is 0.0695. The summed E-state index contributed by atoms with van der Waals surface area (Å²) in [6.07, 6.45) is 14.7. The summed E-state index contributed by atoms with van der Waals surface area (Å²) in [6, 6.07) is 23.6. The molecule has 6 nitrogen and oxygen atoms in total. The maximum Gasteiger partial charge on any atom is 0.214 e. The molecule has 0 bridgehead atoms. The Bertz CT molecular complexity index is 1330. The highest BCUT2D eigenvalue weighted by atomic mass is 16.5. The molecule has 1 aromatic heterocycles. The van der Waals surface area contributed by atoms with Crippen LogP contribution in [0.1, 0.15) is 43.2 Å². The molecule has 3 aromatic rings. The van der Waals surface area contributed by atoms with E-state index in [1.807, 2.05) is 23.2 Å². The molecule has 0 spiro atoms. The SMILES string of the molecule is COc1cccc(N2N=C(C=Cc3ccc(N4CCCC4)cc3)CC2C=Cc2ccc(N3CCCC3)cc2)n1. The topological polar surface area (TPSA) is 44.2 Å². The van der Waals surface area contributed by atoms with E-state index in [1.54, 1.807) is 7.11 Å². The summed E-state index contributed by atoms with van der Waals surface area (Å²) in [5, 5.41) is 6.98. The van der Waals surface area contributed by atoms with Crippen LogP contribution in [0.3, 0.4) is 0 Å². The number of pyridine rings is 1. The molecule has 6 heteroatoms. The molecule has 3 aliphatic heterocycles. The molecular formula is C33H37N5O. The standard InChI is InChI=1S/C33H37N5O/c1-39-33-8-6-7-32(34-33)38-31(20-14-27-12-18-30(19-13-27)37-23-4-5-24-37)25-28(35-38)15-9-26-10-16-29(17-11-26)36-21-2-3-22-36/h6-20,31H,2-5,21-25H2,1H3. The fourth-order valence-electron chi connectivity index (χ4n) is 5.63. The molecule has 1 unspecified atom stereocenters. The van der Waals surface area contributed by atoms with E-state index in [9.17, 15) is 0 Å². The van der Waals surface area contributed by atoms with Gasteiger partial charge in [0.2, 0.25) is 5.88 Å². The predicted molar refractivity (Wildman–Crippen MR) is 163 cm³/mol. The van der Waals surface area contributed by atoms with E-state index in [-0.39, 0.29) is 6.04 Å². The second-order valence-corrected chi connectivity index (χ2v) is 10.5. The number of methoxy groups -OCH3 is 1. The van der Waals surface area contributed by atoms with Crippen LogP contribution < -0.4 is 19.5 Å². The molecule has 1 atom stereocenters. The Balaban J connectivity index is 1.18. The second-order valence-electron chi connectivity index (χ2n) is 10.5. The van der Waals surface area contributed by atoms with Crippen LogP contribution in [0.2, 0.25) is 0 Å². The average Bonchev–Trinajstić information content (AvgIpc) is 3.78. The van der Waals surface area contributed by atoms with Gasteiger partial charge in [0.15, 0.2) is 5.82 Å². The number of nitrogens with zero attached hydrogens (tertiary/aromatic N) is 5. The van der Waals surface area contributed by atoms with E-state index < -0.39 is 0 Å². The minimum Gasteiger partial charge on any atom is -0.481 e. The van der Waals surface area contributed by atoms with Gasteiger partial charge in [-0.3, -0.25) is 0 Å². The Morgan fingerprint density at radius 3 is 1.90 bits per heavy atom. The lowest BCUT2D eigenvalue weighted by molar-refractivity contribution is 0.398. The quantitative estimate of drug-likeness (QED) is 0.333. The van der Waals surface area contributed by atoms with Gasteiger partial charge < -0.3 is 14.5 Å². The number of rotatable bonds is 8. The van der Waals surface area contributed by atoms with Gasteiger partial charge in [0.1, 0.15) is 0 Å². The van der Waals surface area contributed by atoms with Crippen LogP contribution in [0.4, 0.5) is 17.2 Å². The maximum atomic E-state index is 5.39. The Morgan fingerprint density at radius 2 is 1.31 bits per heavy atom. The normalized spacial score (nSPS) is 19.6. The van der Waals surface area contributed by atoms with E-state index >= 15 is 0 Å². The zero-order chi connectivity index (χ0) is 26.4. The zero-order valence-electron chi connectivity index (χ0n) is 22.7. The van der Waals surface area contributed by atoms with Crippen molar-refractivity contribution in [2.45, 2.75) is 38.1 Å². The van der Waals surface area contributed by atoms with Gasteiger partial charge in [-0.25, -0.2) is 5.01 Å². The number of aromatic nitrogens is 1. The van der Waals surface area contributed by atoms with Crippen molar-refractivity contribution in [2.24, 2.45) is 5.10 Å². The summed E-state index contributed by atoms with van der Waals surface area (Å²) in [7, 11) is 1.64. The molecule has 6 rings (SSSR count). The molecule has 2 fully saturated rings. The Labute approximate surface area is 231 Å². The summed E-state index contributed by atoms with van der Waals surface area (Å²) < 4.78 is 5.39. The van der Waals surface area contributed by atoms with Crippen molar-refractivity contribution in [1.29, 1.82) is 0 Å². The van der Waals surface area contributed by atoms with E-state index in [2.05, 4.69) is 87.6 Å². The summed E-state index contributed by atoms with van der Waals surface area (Å²) in [5.74, 6) is 1.37. The number of ether oxygens (including phenoxy) is 1. The van der Waals surface area contributed by atoms with Crippen LogP contribution >= 0.6 is 0 Å². The molecule has 2 saturated heterocycles. The van der Waals surface area contributed by atoms with Crippen molar-refractivity contribution >= 4 is 35.1 Å². The molecule has 0 saturated carbocycles. The van der Waals surface area contributed by atoms with E-state index in [1.165, 1.54) is 48.2 Å². The summed E-state index contributed by atoms with van der Waals surface area (Å²) in [5.41, 5.74) is 6.04. The number of hydrazone groups is 1. The molecule has 0 aliphatic carbocycles. The minimum absolute atomic E-state index is 0.0695. The van der Waals surface area contributed by atoms with Crippen LogP contribution in [-0.2, 0) is 0 Å². The molecule has 3 aliphatic rings. The first-order chi connectivity index (χ1) is 19.2. The highest BCUT2D eigenvalue weighted by molar-refractivity contribution is 6.01. The molecule has 2 aromatic carbocycles. The van der Waals surface area contributed by atoms with Gasteiger partial charge in [0.05, 0.1) is 18.9 Å². The first-order valence-electron chi connectivity index (χ1n) is 14.2. The molecular weight excluding hydrogens is 482 g/mol. The summed E-state index contributed by atoms with van der Waals surface area (Å²) in [4.78, 5) is 9.59. The Hall–Kier alpha value is -4.06. The molecule has 4 heterocycles. The Morgan fingerprint density at radius 1 is 0.718 bits per heavy atom. The lowest BCUT2D eigenvalue weighted by Crippen LogP contribution is -2.25. The fourth-order valence-corrected chi connectivity index (χ4v) is 5.63. The first-order valence-corrected chi connectivity index (χ1v) is 14.2. The van der Waals surface area contributed by atoms with Crippen molar-refractivity contribution < 1.29 is 4.74 Å². The van der Waals surface area contributed by atoms with Gasteiger partial charge in [-0.2, -0.15) is 10.1 Å². The van der Waals surface area contributed by atoms with Crippen LogP contribution in [0, 0.1) is 0 Å². The first kappa shape index (κ1) is 25.2.